The lowest BCUT2D eigenvalue weighted by molar-refractivity contribution is -0.136. The number of benzene rings is 2. The Morgan fingerprint density at radius 2 is 1.90 bits per heavy atom. The molecule has 29 heavy (non-hydrogen) atoms. The third kappa shape index (κ3) is 4.81. The molecular weight excluding hydrogens is 377 g/mol. The number of carbonyl (C=O) groups is 2. The number of carbonyl (C=O) groups excluding carboxylic acids is 1. The van der Waals surface area contributed by atoms with E-state index in [1.807, 2.05) is 44.2 Å². The van der Waals surface area contributed by atoms with Crippen LogP contribution in [0.2, 0.25) is 0 Å². The third-order valence-corrected chi connectivity index (χ3v) is 4.27. The fourth-order valence-electron chi connectivity index (χ4n) is 2.87. The summed E-state index contributed by atoms with van der Waals surface area (Å²) in [4.78, 5) is 24.8. The Hall–Kier alpha value is -3.62. The summed E-state index contributed by atoms with van der Waals surface area (Å²) in [5.74, 6) is -2.02. The second-order valence-electron chi connectivity index (χ2n) is 6.85. The van der Waals surface area contributed by atoms with Crippen LogP contribution in [0.1, 0.15) is 25.5 Å². The second-order valence-corrected chi connectivity index (χ2v) is 6.85. The predicted molar refractivity (Wildman–Crippen MR) is 103 cm³/mol. The van der Waals surface area contributed by atoms with E-state index in [1.165, 1.54) is 16.9 Å². The van der Waals surface area contributed by atoms with Gasteiger partial charge in [-0.15, -0.1) is 10.2 Å². The Kier molecular flexibility index (Phi) is 5.96. The van der Waals surface area contributed by atoms with Gasteiger partial charge in [0.2, 0.25) is 5.82 Å². The number of tetrazole rings is 1. The zero-order chi connectivity index (χ0) is 21.0. The van der Waals surface area contributed by atoms with E-state index in [0.29, 0.717) is 5.82 Å². The van der Waals surface area contributed by atoms with Gasteiger partial charge in [0.05, 0.1) is 6.42 Å². The summed E-state index contributed by atoms with van der Waals surface area (Å²) in [5.41, 5.74) is 1.04. The summed E-state index contributed by atoms with van der Waals surface area (Å²) in [5, 5.41) is 23.8. The highest BCUT2D eigenvalue weighted by Crippen LogP contribution is 2.22. The monoisotopic (exact) mass is 397 g/mol. The topological polar surface area (TPSA) is 110 Å². The zero-order valence-electron chi connectivity index (χ0n) is 15.9. The van der Waals surface area contributed by atoms with Crippen LogP contribution >= 0.6 is 0 Å². The van der Waals surface area contributed by atoms with E-state index >= 15 is 0 Å². The van der Waals surface area contributed by atoms with Crippen LogP contribution in [-0.4, -0.2) is 37.2 Å². The molecule has 1 unspecified atom stereocenters. The van der Waals surface area contributed by atoms with Gasteiger partial charge in [0, 0.05) is 11.3 Å². The number of nitrogens with one attached hydrogen (secondary N) is 1. The van der Waals surface area contributed by atoms with Crippen molar-refractivity contribution in [3.8, 4) is 11.4 Å². The summed E-state index contributed by atoms with van der Waals surface area (Å²) in [7, 11) is 0. The lowest BCUT2D eigenvalue weighted by atomic mass is 10.0. The van der Waals surface area contributed by atoms with Crippen LogP contribution < -0.4 is 5.32 Å². The van der Waals surface area contributed by atoms with Crippen LogP contribution in [0.25, 0.3) is 11.4 Å². The molecule has 0 aliphatic rings. The second kappa shape index (κ2) is 8.59. The highest BCUT2D eigenvalue weighted by molar-refractivity contribution is 5.93. The van der Waals surface area contributed by atoms with Gasteiger partial charge >= 0.3 is 5.97 Å². The molecule has 8 nitrogen and oxygen atoms in total. The van der Waals surface area contributed by atoms with E-state index in [-0.39, 0.29) is 17.2 Å². The van der Waals surface area contributed by atoms with Gasteiger partial charge in [-0.2, -0.15) is 4.80 Å². The molecule has 150 valence electrons. The number of anilines is 1. The Morgan fingerprint density at radius 3 is 2.52 bits per heavy atom. The molecule has 1 heterocycles. The molecule has 0 saturated heterocycles. The van der Waals surface area contributed by atoms with E-state index in [9.17, 15) is 14.0 Å². The first-order valence-electron chi connectivity index (χ1n) is 9.01. The molecule has 1 aromatic heterocycles. The number of hydrogen-bond donors (Lipinski definition) is 2. The lowest BCUT2D eigenvalue weighted by Crippen LogP contribution is -2.31. The van der Waals surface area contributed by atoms with Crippen molar-refractivity contribution in [1.29, 1.82) is 0 Å². The molecule has 0 saturated carbocycles. The average Bonchev–Trinajstić information content (AvgIpc) is 3.13. The van der Waals surface area contributed by atoms with Gasteiger partial charge in [-0.05, 0) is 28.8 Å². The predicted octanol–water partition coefficient (Wildman–Crippen LogP) is 2.94. The normalized spacial score (nSPS) is 12.0. The van der Waals surface area contributed by atoms with Crippen molar-refractivity contribution in [3.05, 3.63) is 59.9 Å². The average molecular weight is 397 g/mol. The molecule has 2 N–H and O–H groups in total. The van der Waals surface area contributed by atoms with Gasteiger partial charge in [0.15, 0.2) is 6.04 Å². The number of halogens is 1. The first kappa shape index (κ1) is 20.1. The van der Waals surface area contributed by atoms with Crippen molar-refractivity contribution in [2.75, 3.05) is 5.32 Å². The van der Waals surface area contributed by atoms with E-state index < -0.39 is 30.2 Å². The standard InChI is InChI=1S/C20H20FN5O3/c1-12(2)18(26-24-19(23-25-26)13-6-4-3-5-7-13)20(29)22-15-9-8-14(10-17(27)28)16(21)11-15/h3-9,11-12,18H,10H2,1-2H3,(H,22,29)(H,27,28). The van der Waals surface area contributed by atoms with Crippen LogP contribution in [-0.2, 0) is 16.0 Å². The molecule has 3 rings (SSSR count). The molecule has 0 spiro atoms. The summed E-state index contributed by atoms with van der Waals surface area (Å²) < 4.78 is 14.1. The number of aromatic nitrogens is 4. The highest BCUT2D eigenvalue weighted by atomic mass is 19.1. The van der Waals surface area contributed by atoms with Crippen molar-refractivity contribution in [2.45, 2.75) is 26.3 Å². The zero-order valence-corrected chi connectivity index (χ0v) is 15.9. The molecule has 1 atom stereocenters. The number of carboxylic acid groups (broad SMARTS) is 1. The van der Waals surface area contributed by atoms with Gasteiger partial charge < -0.3 is 10.4 Å². The number of carboxylic acids is 1. The van der Waals surface area contributed by atoms with Gasteiger partial charge in [0.25, 0.3) is 5.91 Å². The molecular formula is C20H20FN5O3. The quantitative estimate of drug-likeness (QED) is 0.634. The fraction of sp³-hybridized carbons (Fsp3) is 0.250. The van der Waals surface area contributed by atoms with Gasteiger partial charge in [-0.3, -0.25) is 9.59 Å². The van der Waals surface area contributed by atoms with Crippen LogP contribution in [0.15, 0.2) is 48.5 Å². The molecule has 2 aromatic carbocycles. The minimum Gasteiger partial charge on any atom is -0.481 e. The van der Waals surface area contributed by atoms with Gasteiger partial charge in [-0.1, -0.05) is 50.2 Å². The molecule has 0 fully saturated rings. The van der Waals surface area contributed by atoms with Crippen molar-refractivity contribution in [2.24, 2.45) is 5.92 Å². The smallest absolute Gasteiger partial charge is 0.307 e. The Morgan fingerprint density at radius 1 is 1.17 bits per heavy atom. The molecule has 3 aromatic rings. The minimum absolute atomic E-state index is 0.0429. The number of aliphatic carboxylic acids is 1. The maximum absolute atomic E-state index is 14.1. The SMILES string of the molecule is CC(C)C(C(=O)Nc1ccc(CC(=O)O)c(F)c1)n1nnc(-c2ccccc2)n1. The molecule has 0 aliphatic carbocycles. The Balaban J connectivity index is 1.80. The number of hydrogen-bond acceptors (Lipinski definition) is 5. The van der Waals surface area contributed by atoms with Gasteiger partial charge in [0.1, 0.15) is 5.82 Å². The van der Waals surface area contributed by atoms with Gasteiger partial charge in [-0.25, -0.2) is 4.39 Å². The Bertz CT molecular complexity index is 1020. The molecule has 0 radical (unpaired) electrons. The van der Waals surface area contributed by atoms with Crippen molar-refractivity contribution in [1.82, 2.24) is 20.2 Å². The van der Waals surface area contributed by atoms with E-state index in [0.717, 1.165) is 11.6 Å². The summed E-state index contributed by atoms with van der Waals surface area (Å²) in [6, 6.07) is 12.4. The van der Waals surface area contributed by atoms with Crippen molar-refractivity contribution >= 4 is 17.6 Å². The first-order valence-corrected chi connectivity index (χ1v) is 9.01. The van der Waals surface area contributed by atoms with E-state index in [4.69, 9.17) is 5.11 Å². The van der Waals surface area contributed by atoms with Crippen molar-refractivity contribution < 1.29 is 19.1 Å². The first-order chi connectivity index (χ1) is 13.8. The lowest BCUT2D eigenvalue weighted by Gasteiger charge is -2.19. The van der Waals surface area contributed by atoms with E-state index in [2.05, 4.69) is 20.7 Å². The van der Waals surface area contributed by atoms with Crippen LogP contribution in [0.4, 0.5) is 10.1 Å². The summed E-state index contributed by atoms with van der Waals surface area (Å²) in [6.07, 6.45) is -0.431. The fourth-order valence-corrected chi connectivity index (χ4v) is 2.87. The minimum atomic E-state index is -1.13. The molecule has 0 bridgehead atoms. The van der Waals surface area contributed by atoms with E-state index in [1.54, 1.807) is 0 Å². The summed E-state index contributed by atoms with van der Waals surface area (Å²) >= 11 is 0. The number of amides is 1. The Labute approximate surface area is 166 Å². The van der Waals surface area contributed by atoms with Crippen molar-refractivity contribution in [3.63, 3.8) is 0 Å². The highest BCUT2D eigenvalue weighted by Gasteiger charge is 2.27. The number of nitrogens with zero attached hydrogens (tertiary/aromatic N) is 4. The molecule has 1 amide bonds. The van der Waals surface area contributed by atoms with Crippen LogP contribution in [0, 0.1) is 11.7 Å². The number of rotatable bonds is 7. The largest absolute Gasteiger partial charge is 0.481 e. The van der Waals surface area contributed by atoms with Crippen LogP contribution in [0.5, 0.6) is 0 Å². The maximum atomic E-state index is 14.1. The third-order valence-electron chi connectivity index (χ3n) is 4.27. The van der Waals surface area contributed by atoms with Crippen LogP contribution in [0.3, 0.4) is 0 Å². The summed E-state index contributed by atoms with van der Waals surface area (Å²) in [6.45, 7) is 3.68. The molecule has 9 heteroatoms. The maximum Gasteiger partial charge on any atom is 0.307 e. The molecule has 0 aliphatic heterocycles.